The van der Waals surface area contributed by atoms with Crippen LogP contribution in [-0.4, -0.2) is 0 Å². The van der Waals surface area contributed by atoms with Crippen molar-refractivity contribution in [1.29, 1.82) is 0 Å². The van der Waals surface area contributed by atoms with Crippen LogP contribution in [0.4, 0.5) is 0 Å². The molecule has 1 atom stereocenters. The summed E-state index contributed by atoms with van der Waals surface area (Å²) >= 11 is 0. The number of rotatable bonds is 4. The molecule has 0 amide bonds. The van der Waals surface area contributed by atoms with Crippen LogP contribution < -0.4 is 5.73 Å². The third kappa shape index (κ3) is 2.95. The normalized spacial score (nSPS) is 12.4. The highest BCUT2D eigenvalue weighted by Gasteiger charge is 2.08. The third-order valence-electron chi connectivity index (χ3n) is 3.01. The summed E-state index contributed by atoms with van der Waals surface area (Å²) in [6.07, 6.45) is 2.29. The van der Waals surface area contributed by atoms with Crippen molar-refractivity contribution in [2.45, 2.75) is 25.8 Å². The van der Waals surface area contributed by atoms with Gasteiger partial charge in [-0.15, -0.1) is 0 Å². The molecule has 2 aromatic rings. The first-order valence-corrected chi connectivity index (χ1v) is 6.20. The van der Waals surface area contributed by atoms with Gasteiger partial charge >= 0.3 is 0 Å². The molecule has 0 saturated heterocycles. The number of hydrogen-bond acceptors (Lipinski definition) is 1. The van der Waals surface area contributed by atoms with E-state index in [-0.39, 0.29) is 6.04 Å². The zero-order valence-electron chi connectivity index (χ0n) is 10.3. The molecule has 2 aromatic carbocycles. The van der Waals surface area contributed by atoms with Gasteiger partial charge in [0.2, 0.25) is 0 Å². The lowest BCUT2D eigenvalue weighted by Crippen LogP contribution is -2.11. The Kier molecular flexibility index (Phi) is 3.94. The van der Waals surface area contributed by atoms with E-state index >= 15 is 0 Å². The monoisotopic (exact) mass is 225 g/mol. The van der Waals surface area contributed by atoms with E-state index < -0.39 is 0 Å². The van der Waals surface area contributed by atoms with E-state index in [9.17, 15) is 0 Å². The van der Waals surface area contributed by atoms with Crippen LogP contribution in [0, 0.1) is 0 Å². The highest BCUT2D eigenvalue weighted by atomic mass is 14.6. The molecular formula is C16H19N. The first-order chi connectivity index (χ1) is 8.31. The van der Waals surface area contributed by atoms with Crippen LogP contribution in [0.15, 0.2) is 54.6 Å². The predicted molar refractivity (Wildman–Crippen MR) is 72.9 cm³/mol. The van der Waals surface area contributed by atoms with Crippen LogP contribution in [0.5, 0.6) is 0 Å². The molecule has 0 spiro atoms. The Balaban J connectivity index is 2.25. The van der Waals surface area contributed by atoms with Crippen LogP contribution in [0.25, 0.3) is 0 Å². The Morgan fingerprint density at radius 2 is 1.65 bits per heavy atom. The lowest BCUT2D eigenvalue weighted by Gasteiger charge is -2.13. The Morgan fingerprint density at radius 1 is 0.941 bits per heavy atom. The SMILES string of the molecule is CCCc1cccc(C(N)c2ccccc2)c1. The second-order valence-corrected chi connectivity index (χ2v) is 4.38. The van der Waals surface area contributed by atoms with Gasteiger partial charge in [0, 0.05) is 0 Å². The summed E-state index contributed by atoms with van der Waals surface area (Å²) in [5.41, 5.74) is 10.0. The molecule has 0 radical (unpaired) electrons. The summed E-state index contributed by atoms with van der Waals surface area (Å²) in [6.45, 7) is 2.20. The number of aryl methyl sites for hydroxylation is 1. The Bertz CT molecular complexity index is 462. The van der Waals surface area contributed by atoms with Gasteiger partial charge in [-0.2, -0.15) is 0 Å². The molecule has 0 heterocycles. The van der Waals surface area contributed by atoms with E-state index in [2.05, 4.69) is 43.3 Å². The van der Waals surface area contributed by atoms with Gasteiger partial charge in [0.05, 0.1) is 6.04 Å². The molecule has 17 heavy (non-hydrogen) atoms. The number of benzene rings is 2. The molecule has 1 unspecified atom stereocenters. The Hall–Kier alpha value is -1.60. The van der Waals surface area contributed by atoms with Crippen molar-refractivity contribution in [2.24, 2.45) is 5.73 Å². The summed E-state index contributed by atoms with van der Waals surface area (Å²) in [4.78, 5) is 0. The van der Waals surface area contributed by atoms with Crippen LogP contribution in [0.3, 0.4) is 0 Å². The predicted octanol–water partition coefficient (Wildman–Crippen LogP) is 3.69. The zero-order chi connectivity index (χ0) is 12.1. The van der Waals surface area contributed by atoms with Crippen molar-refractivity contribution < 1.29 is 0 Å². The standard InChI is InChI=1S/C16H19N/c1-2-7-13-8-6-11-15(12-13)16(17)14-9-4-3-5-10-14/h3-6,8-12,16H,2,7,17H2,1H3. The van der Waals surface area contributed by atoms with Crippen molar-refractivity contribution >= 4 is 0 Å². The molecule has 0 aliphatic carbocycles. The van der Waals surface area contributed by atoms with E-state index in [0.717, 1.165) is 6.42 Å². The van der Waals surface area contributed by atoms with E-state index in [1.165, 1.54) is 23.1 Å². The fraction of sp³-hybridized carbons (Fsp3) is 0.250. The van der Waals surface area contributed by atoms with Gasteiger partial charge < -0.3 is 5.73 Å². The minimum atomic E-state index is -0.0204. The minimum Gasteiger partial charge on any atom is -0.320 e. The summed E-state index contributed by atoms with van der Waals surface area (Å²) in [6, 6.07) is 18.8. The van der Waals surface area contributed by atoms with Gasteiger partial charge in [-0.1, -0.05) is 67.9 Å². The van der Waals surface area contributed by atoms with Crippen LogP contribution >= 0.6 is 0 Å². The summed E-state index contributed by atoms with van der Waals surface area (Å²) < 4.78 is 0. The van der Waals surface area contributed by atoms with Gasteiger partial charge in [-0.3, -0.25) is 0 Å². The maximum Gasteiger partial charge on any atom is 0.0551 e. The molecule has 0 fully saturated rings. The molecule has 1 heteroatoms. The van der Waals surface area contributed by atoms with Gasteiger partial charge in [0.15, 0.2) is 0 Å². The second-order valence-electron chi connectivity index (χ2n) is 4.38. The number of nitrogens with two attached hydrogens (primary N) is 1. The Morgan fingerprint density at radius 3 is 2.35 bits per heavy atom. The summed E-state index contributed by atoms with van der Waals surface area (Å²) in [5, 5.41) is 0. The largest absolute Gasteiger partial charge is 0.320 e. The Labute approximate surface area is 103 Å². The second kappa shape index (κ2) is 5.65. The smallest absolute Gasteiger partial charge is 0.0551 e. The minimum absolute atomic E-state index is 0.0204. The molecule has 0 bridgehead atoms. The summed E-state index contributed by atoms with van der Waals surface area (Å²) in [5.74, 6) is 0. The third-order valence-corrected chi connectivity index (χ3v) is 3.01. The summed E-state index contributed by atoms with van der Waals surface area (Å²) in [7, 11) is 0. The van der Waals surface area contributed by atoms with Gasteiger partial charge in [0.1, 0.15) is 0 Å². The van der Waals surface area contributed by atoms with Crippen molar-refractivity contribution in [3.05, 3.63) is 71.3 Å². The van der Waals surface area contributed by atoms with Crippen LogP contribution in [-0.2, 0) is 6.42 Å². The molecule has 2 rings (SSSR count). The number of hydrogen-bond donors (Lipinski definition) is 1. The zero-order valence-corrected chi connectivity index (χ0v) is 10.3. The van der Waals surface area contributed by atoms with E-state index in [1.54, 1.807) is 0 Å². The topological polar surface area (TPSA) is 26.0 Å². The van der Waals surface area contributed by atoms with E-state index in [0.29, 0.717) is 0 Å². The quantitative estimate of drug-likeness (QED) is 0.843. The van der Waals surface area contributed by atoms with E-state index in [1.807, 2.05) is 18.2 Å². The average Bonchev–Trinajstić information content (AvgIpc) is 2.40. The van der Waals surface area contributed by atoms with Crippen molar-refractivity contribution in [3.63, 3.8) is 0 Å². The molecule has 88 valence electrons. The highest BCUT2D eigenvalue weighted by molar-refractivity contribution is 5.33. The molecule has 0 aromatic heterocycles. The fourth-order valence-electron chi connectivity index (χ4n) is 2.08. The van der Waals surface area contributed by atoms with Crippen LogP contribution in [0.1, 0.15) is 36.1 Å². The first kappa shape index (κ1) is 11.9. The lowest BCUT2D eigenvalue weighted by molar-refractivity contribution is 0.858. The van der Waals surface area contributed by atoms with Gasteiger partial charge in [-0.05, 0) is 23.1 Å². The van der Waals surface area contributed by atoms with Crippen molar-refractivity contribution in [1.82, 2.24) is 0 Å². The maximum atomic E-state index is 6.28. The van der Waals surface area contributed by atoms with Crippen molar-refractivity contribution in [2.75, 3.05) is 0 Å². The van der Waals surface area contributed by atoms with E-state index in [4.69, 9.17) is 5.73 Å². The van der Waals surface area contributed by atoms with Gasteiger partial charge in [0.25, 0.3) is 0 Å². The lowest BCUT2D eigenvalue weighted by atomic mass is 9.97. The molecule has 1 nitrogen and oxygen atoms in total. The first-order valence-electron chi connectivity index (χ1n) is 6.20. The molecule has 2 N–H and O–H groups in total. The highest BCUT2D eigenvalue weighted by Crippen LogP contribution is 2.20. The molecular weight excluding hydrogens is 206 g/mol. The fourth-order valence-corrected chi connectivity index (χ4v) is 2.08. The van der Waals surface area contributed by atoms with Crippen molar-refractivity contribution in [3.8, 4) is 0 Å². The average molecular weight is 225 g/mol. The molecule has 0 saturated carbocycles. The maximum absolute atomic E-state index is 6.28. The van der Waals surface area contributed by atoms with Gasteiger partial charge in [-0.25, -0.2) is 0 Å². The van der Waals surface area contributed by atoms with Crippen LogP contribution in [0.2, 0.25) is 0 Å². The molecule has 0 aliphatic rings. The molecule has 0 aliphatic heterocycles.